The number of carboxylic acid groups (broad SMARTS) is 1. The van der Waals surface area contributed by atoms with Crippen LogP contribution in [0.15, 0.2) is 11.6 Å². The molecule has 30 nitrogen and oxygen atoms in total. The third-order valence-electron chi connectivity index (χ3n) is 23.6. The predicted molar refractivity (Wildman–Crippen MR) is 297 cm³/mol. The van der Waals surface area contributed by atoms with Gasteiger partial charge < -0.3 is 139 Å². The van der Waals surface area contributed by atoms with Crippen molar-refractivity contribution in [3.63, 3.8) is 0 Å². The van der Waals surface area contributed by atoms with E-state index in [9.17, 15) is 96.7 Å². The highest BCUT2D eigenvalue weighted by atomic mass is 16.8. The Hall–Kier alpha value is -2.36. The molecule has 0 aromatic heterocycles. The van der Waals surface area contributed by atoms with Crippen LogP contribution in [-0.2, 0) is 57.0 Å². The maximum atomic E-state index is 15.6. The Morgan fingerprint density at radius 1 is 0.489 bits per heavy atom. The summed E-state index contributed by atoms with van der Waals surface area (Å²) in [7, 11) is 0. The van der Waals surface area contributed by atoms with Gasteiger partial charge in [-0.2, -0.15) is 0 Å². The van der Waals surface area contributed by atoms with Crippen molar-refractivity contribution in [2.45, 2.75) is 265 Å². The number of ether oxygens (including phenoxy) is 10. The van der Waals surface area contributed by atoms with Crippen LogP contribution < -0.4 is 0 Å². The molecule has 18 N–H and O–H groups in total. The van der Waals surface area contributed by atoms with Crippen molar-refractivity contribution >= 4 is 11.9 Å². The van der Waals surface area contributed by atoms with Crippen LogP contribution in [0.2, 0.25) is 0 Å². The van der Waals surface area contributed by atoms with E-state index in [1.807, 2.05) is 0 Å². The highest BCUT2D eigenvalue weighted by Crippen LogP contribution is 2.76. The van der Waals surface area contributed by atoms with Crippen molar-refractivity contribution in [2.75, 3.05) is 33.0 Å². The van der Waals surface area contributed by atoms with Crippen LogP contribution in [0.5, 0.6) is 0 Å². The lowest BCUT2D eigenvalue weighted by Gasteiger charge is -2.71. The second kappa shape index (κ2) is 26.2. The summed E-state index contributed by atoms with van der Waals surface area (Å²) in [6.45, 7) is 8.63. The van der Waals surface area contributed by atoms with Gasteiger partial charge in [0, 0.05) is 0 Å². The number of fused-ring (bicyclic) bond motifs is 7. The molecule has 5 aliphatic carbocycles. The molecule has 30 heteroatoms. The van der Waals surface area contributed by atoms with Crippen molar-refractivity contribution < 1.29 is 149 Å². The second-order valence-electron chi connectivity index (χ2n) is 28.9. The number of aliphatic hydroxyl groups is 17. The van der Waals surface area contributed by atoms with Crippen molar-refractivity contribution in [3.05, 3.63) is 11.6 Å². The summed E-state index contributed by atoms with van der Waals surface area (Å²) >= 11 is 0. The SMILES string of the molecule is CC1(C)CCC2(C(=O)OC3OC(COC4OC(COC5OC(CO)C(O)C(O)C5O)C(O)C(O)C4O)C(O)C(OC4OC(CO)C(O)C(O)C4O)C3O)CCC3(C)C(=CCC4C5(C)CCC(OC6OC(CO)C(O)C(O)C6O)C(C)(C(=O)O)C5CCC43C)C2C1. The first kappa shape index (κ1) is 70.4. The maximum absolute atomic E-state index is 15.6. The van der Waals surface area contributed by atoms with Crippen LogP contribution in [-0.4, -0.2) is 297 Å². The minimum atomic E-state index is -2.10. The van der Waals surface area contributed by atoms with Crippen molar-refractivity contribution in [1.29, 1.82) is 0 Å². The Balaban J connectivity index is 0.902. The lowest BCUT2D eigenvalue weighted by atomic mass is 9.33. The zero-order chi connectivity index (χ0) is 65.9. The van der Waals surface area contributed by atoms with Gasteiger partial charge in [-0.25, -0.2) is 0 Å². The first-order chi connectivity index (χ1) is 42.2. The van der Waals surface area contributed by atoms with E-state index >= 15 is 4.79 Å². The van der Waals surface area contributed by atoms with Gasteiger partial charge >= 0.3 is 11.9 Å². The minimum Gasteiger partial charge on any atom is -0.481 e. The van der Waals surface area contributed by atoms with Gasteiger partial charge in [-0.1, -0.05) is 46.3 Å². The Kier molecular flexibility index (Phi) is 20.5. The molecule has 5 saturated heterocycles. The first-order valence-corrected chi connectivity index (χ1v) is 31.5. The molecular weight excluding hydrogens is 1200 g/mol. The van der Waals surface area contributed by atoms with Gasteiger partial charge in [-0.05, 0) is 111 Å². The fourth-order valence-electron chi connectivity index (χ4n) is 17.7. The van der Waals surface area contributed by atoms with Crippen LogP contribution in [0.3, 0.4) is 0 Å². The molecule has 10 rings (SSSR count). The van der Waals surface area contributed by atoms with Crippen molar-refractivity contribution in [3.8, 4) is 0 Å². The monoisotopic (exact) mass is 1300 g/mol. The van der Waals surface area contributed by atoms with Crippen LogP contribution in [0, 0.1) is 50.2 Å². The van der Waals surface area contributed by atoms with Gasteiger partial charge in [-0.3, -0.25) is 9.59 Å². The highest BCUT2D eigenvalue weighted by Gasteiger charge is 2.72. The number of aliphatic carboxylic acids is 1. The molecule has 34 atom stereocenters. The summed E-state index contributed by atoms with van der Waals surface area (Å²) in [4.78, 5) is 29.4. The summed E-state index contributed by atoms with van der Waals surface area (Å²) < 4.78 is 58.7. The Bertz CT molecular complexity index is 2540. The fraction of sp³-hybridized carbons (Fsp3) is 0.933. The summed E-state index contributed by atoms with van der Waals surface area (Å²) in [5.74, 6) is -2.86. The molecule has 0 amide bonds. The molecule has 5 heterocycles. The topological polar surface area (TPSA) is 491 Å². The Morgan fingerprint density at radius 2 is 0.944 bits per heavy atom. The summed E-state index contributed by atoms with van der Waals surface area (Å²) in [5.41, 5.74) is -3.64. The van der Waals surface area contributed by atoms with Gasteiger partial charge in [0.1, 0.15) is 122 Å². The largest absolute Gasteiger partial charge is 0.481 e. The van der Waals surface area contributed by atoms with Crippen molar-refractivity contribution in [2.24, 2.45) is 50.2 Å². The van der Waals surface area contributed by atoms with Crippen LogP contribution in [0.4, 0.5) is 0 Å². The minimum absolute atomic E-state index is 0.0818. The van der Waals surface area contributed by atoms with Gasteiger partial charge in [0.15, 0.2) is 25.2 Å². The number of hydrogen-bond acceptors (Lipinski definition) is 29. The number of allylic oxidation sites excluding steroid dienone is 2. The summed E-state index contributed by atoms with van der Waals surface area (Å²) in [6, 6.07) is 0. The molecule has 0 spiro atoms. The zero-order valence-electron chi connectivity index (χ0n) is 51.4. The van der Waals surface area contributed by atoms with Gasteiger partial charge in [0.25, 0.3) is 0 Å². The number of carbonyl (C=O) groups excluding carboxylic acids is 1. The normalized spacial score (nSPS) is 53.6. The van der Waals surface area contributed by atoms with Crippen LogP contribution >= 0.6 is 0 Å². The molecule has 34 unspecified atom stereocenters. The maximum Gasteiger partial charge on any atom is 0.315 e. The average Bonchev–Trinajstić information content (AvgIpc) is 0.676. The van der Waals surface area contributed by atoms with E-state index in [0.717, 1.165) is 5.57 Å². The Morgan fingerprint density at radius 3 is 1.47 bits per heavy atom. The standard InChI is InChI=1S/C60H96O30/c1-55(2)13-15-60(16-14-57(4)23(24(60)17-55)7-8-30-56(3)11-10-32(59(6,53(78)79)31(56)9-12-58(30,57)5)88-50-44(75)39(70)34(65)26(19-62)84-50)54(80)90-52-46(77)47(89-51-45(76)40(71)35(66)27(20-63)85-51)37(68)29(87-52)22-82-49-43(74)41(72)36(67)28(86-49)21-81-48-42(73)38(69)33(64)25(18-61)83-48/h7,24-52,61-77H,8-22H2,1-6H3,(H,78,79). The number of rotatable bonds is 16. The second-order valence-corrected chi connectivity index (χ2v) is 28.9. The molecule has 5 aliphatic heterocycles. The quantitative estimate of drug-likeness (QED) is 0.0390. The van der Waals surface area contributed by atoms with Gasteiger partial charge in [-0.15, -0.1) is 0 Å². The molecule has 516 valence electrons. The third-order valence-corrected chi connectivity index (χ3v) is 23.6. The smallest absolute Gasteiger partial charge is 0.315 e. The Labute approximate surface area is 519 Å². The molecular formula is C60H96O30. The number of carbonyl (C=O) groups is 2. The van der Waals surface area contributed by atoms with E-state index in [4.69, 9.17) is 47.4 Å². The molecule has 0 bridgehead atoms. The molecule has 4 saturated carbocycles. The van der Waals surface area contributed by atoms with E-state index in [-0.39, 0.29) is 17.8 Å². The number of esters is 1. The average molecular weight is 1300 g/mol. The number of aliphatic hydroxyl groups excluding tert-OH is 17. The summed E-state index contributed by atoms with van der Waals surface area (Å²) in [6.07, 6.45) is -39.0. The lowest BCUT2D eigenvalue weighted by molar-refractivity contribution is -0.364. The van der Waals surface area contributed by atoms with E-state index in [0.29, 0.717) is 57.8 Å². The fourth-order valence-corrected chi connectivity index (χ4v) is 17.7. The predicted octanol–water partition coefficient (Wildman–Crippen LogP) is -5.15. The molecule has 0 aromatic rings. The molecule has 9 fully saturated rings. The number of hydrogen-bond donors (Lipinski definition) is 18. The molecule has 0 radical (unpaired) electrons. The van der Waals surface area contributed by atoms with Gasteiger partial charge in [0.05, 0.1) is 50.0 Å². The third kappa shape index (κ3) is 11.7. The molecule has 90 heavy (non-hydrogen) atoms. The van der Waals surface area contributed by atoms with E-state index in [2.05, 4.69) is 40.7 Å². The van der Waals surface area contributed by atoms with Crippen LogP contribution in [0.1, 0.15) is 106 Å². The number of carboxylic acids is 1. The van der Waals surface area contributed by atoms with Crippen molar-refractivity contribution in [1.82, 2.24) is 0 Å². The van der Waals surface area contributed by atoms with E-state index in [1.165, 1.54) is 0 Å². The van der Waals surface area contributed by atoms with Crippen LogP contribution in [0.25, 0.3) is 0 Å². The molecule has 10 aliphatic rings. The zero-order valence-corrected chi connectivity index (χ0v) is 51.4. The highest BCUT2D eigenvalue weighted by molar-refractivity contribution is 5.79. The first-order valence-electron chi connectivity index (χ1n) is 31.5. The molecule has 0 aromatic carbocycles. The van der Waals surface area contributed by atoms with Gasteiger partial charge in [0.2, 0.25) is 6.29 Å². The van der Waals surface area contributed by atoms with E-state index < -0.39 is 244 Å². The van der Waals surface area contributed by atoms with E-state index in [1.54, 1.807) is 6.92 Å². The summed E-state index contributed by atoms with van der Waals surface area (Å²) in [5, 5.41) is 193. The lowest BCUT2D eigenvalue weighted by Crippen LogP contribution is -2.68.